The predicted molar refractivity (Wildman–Crippen MR) is 95.2 cm³/mol. The van der Waals surface area contributed by atoms with E-state index in [1.807, 2.05) is 0 Å². The quantitative estimate of drug-likeness (QED) is 0.848. The Balaban J connectivity index is 1.63. The number of carbonyl (C=O) groups is 2. The Morgan fingerprint density at radius 2 is 1.93 bits per heavy atom. The maximum absolute atomic E-state index is 12.8. The van der Waals surface area contributed by atoms with Gasteiger partial charge in [-0.2, -0.15) is 13.2 Å². The molecule has 8 heteroatoms. The second-order valence-electron chi connectivity index (χ2n) is 6.27. The maximum atomic E-state index is 12.8. The highest BCUT2D eigenvalue weighted by Gasteiger charge is 2.36. The lowest BCUT2D eigenvalue weighted by molar-refractivity contribution is -0.137. The molecule has 1 aliphatic heterocycles. The third-order valence-electron chi connectivity index (χ3n) is 4.36. The van der Waals surface area contributed by atoms with E-state index in [0.717, 1.165) is 12.1 Å². The number of halogens is 4. The molecular formula is C19H16ClF3N2O2. The molecule has 2 aromatic carbocycles. The van der Waals surface area contributed by atoms with E-state index in [2.05, 4.69) is 5.32 Å². The van der Waals surface area contributed by atoms with Crippen LogP contribution in [-0.2, 0) is 22.3 Å². The zero-order valence-corrected chi connectivity index (χ0v) is 14.8. The van der Waals surface area contributed by atoms with E-state index in [9.17, 15) is 22.8 Å². The minimum atomic E-state index is -4.44. The average Bonchev–Trinajstić information content (AvgIpc) is 3.01. The topological polar surface area (TPSA) is 49.4 Å². The van der Waals surface area contributed by atoms with E-state index in [1.54, 1.807) is 24.3 Å². The molecule has 2 amide bonds. The van der Waals surface area contributed by atoms with Crippen LogP contribution < -0.4 is 10.2 Å². The normalized spacial score (nSPS) is 17.3. The van der Waals surface area contributed by atoms with Gasteiger partial charge in [-0.25, -0.2) is 0 Å². The van der Waals surface area contributed by atoms with E-state index in [4.69, 9.17) is 11.6 Å². The van der Waals surface area contributed by atoms with Crippen LogP contribution >= 0.6 is 11.6 Å². The van der Waals surface area contributed by atoms with Crippen LogP contribution in [0, 0.1) is 5.92 Å². The summed E-state index contributed by atoms with van der Waals surface area (Å²) < 4.78 is 38.3. The number of hydrogen-bond donors (Lipinski definition) is 1. The molecule has 4 nitrogen and oxygen atoms in total. The smallest absolute Gasteiger partial charge is 0.352 e. The minimum absolute atomic E-state index is 0.0274. The third-order valence-corrected chi connectivity index (χ3v) is 4.68. The van der Waals surface area contributed by atoms with Crippen molar-refractivity contribution < 1.29 is 22.8 Å². The van der Waals surface area contributed by atoms with E-state index in [1.165, 1.54) is 17.0 Å². The van der Waals surface area contributed by atoms with Crippen molar-refractivity contribution in [3.63, 3.8) is 0 Å². The molecule has 1 unspecified atom stereocenters. The molecule has 142 valence electrons. The number of anilines is 1. The SMILES string of the molecule is O=C(NCc1cccc(C(F)(F)F)c1)C1CC(=O)N(c2ccccc2Cl)C1. The van der Waals surface area contributed by atoms with Crippen molar-refractivity contribution in [2.75, 3.05) is 11.4 Å². The number of nitrogens with one attached hydrogen (secondary N) is 1. The zero-order chi connectivity index (χ0) is 19.6. The van der Waals surface area contributed by atoms with Crippen molar-refractivity contribution in [3.05, 3.63) is 64.7 Å². The Kier molecular flexibility index (Phi) is 5.41. The summed E-state index contributed by atoms with van der Waals surface area (Å²) in [4.78, 5) is 26.1. The van der Waals surface area contributed by atoms with Gasteiger partial charge in [0.05, 0.1) is 22.2 Å². The fourth-order valence-corrected chi connectivity index (χ4v) is 3.22. The largest absolute Gasteiger partial charge is 0.416 e. The first-order valence-corrected chi connectivity index (χ1v) is 8.62. The molecule has 1 N–H and O–H groups in total. The summed E-state index contributed by atoms with van der Waals surface area (Å²) in [5, 5.41) is 3.02. The molecule has 1 heterocycles. The summed E-state index contributed by atoms with van der Waals surface area (Å²) in [6.45, 7) is 0.135. The first-order chi connectivity index (χ1) is 12.8. The third kappa shape index (κ3) is 4.42. The monoisotopic (exact) mass is 396 g/mol. The second-order valence-corrected chi connectivity index (χ2v) is 6.68. The average molecular weight is 397 g/mol. The van der Waals surface area contributed by atoms with Crippen LogP contribution in [0.25, 0.3) is 0 Å². The number of carbonyl (C=O) groups excluding carboxylic acids is 2. The van der Waals surface area contributed by atoms with Gasteiger partial charge in [-0.1, -0.05) is 35.9 Å². The minimum Gasteiger partial charge on any atom is -0.352 e. The summed E-state index contributed by atoms with van der Waals surface area (Å²) in [7, 11) is 0. The van der Waals surface area contributed by atoms with Gasteiger partial charge >= 0.3 is 6.18 Å². The molecule has 3 rings (SSSR count). The summed E-state index contributed by atoms with van der Waals surface area (Å²) in [5.41, 5.74) is 0.109. The van der Waals surface area contributed by atoms with Gasteiger partial charge in [0.1, 0.15) is 0 Å². The molecule has 0 aromatic heterocycles. The number of nitrogens with zero attached hydrogens (tertiary/aromatic N) is 1. The van der Waals surface area contributed by atoms with Crippen molar-refractivity contribution in [1.29, 1.82) is 0 Å². The molecule has 0 spiro atoms. The fraction of sp³-hybridized carbons (Fsp3) is 0.263. The van der Waals surface area contributed by atoms with Crippen molar-refractivity contribution in [1.82, 2.24) is 5.32 Å². The predicted octanol–water partition coefficient (Wildman–Crippen LogP) is 4.03. The van der Waals surface area contributed by atoms with Crippen molar-refractivity contribution in [3.8, 4) is 0 Å². The van der Waals surface area contributed by atoms with E-state index >= 15 is 0 Å². The Hall–Kier alpha value is -2.54. The maximum Gasteiger partial charge on any atom is 0.416 e. The highest BCUT2D eigenvalue weighted by molar-refractivity contribution is 6.33. The Morgan fingerprint density at radius 3 is 2.63 bits per heavy atom. The molecule has 1 aliphatic rings. The van der Waals surface area contributed by atoms with Crippen LogP contribution in [0.3, 0.4) is 0 Å². The molecule has 0 bridgehead atoms. The first-order valence-electron chi connectivity index (χ1n) is 8.24. The second kappa shape index (κ2) is 7.60. The molecule has 1 saturated heterocycles. The van der Waals surface area contributed by atoms with Crippen LogP contribution in [-0.4, -0.2) is 18.4 Å². The van der Waals surface area contributed by atoms with E-state index in [-0.39, 0.29) is 31.3 Å². The van der Waals surface area contributed by atoms with Crippen LogP contribution in [0.4, 0.5) is 18.9 Å². The van der Waals surface area contributed by atoms with Crippen molar-refractivity contribution in [2.24, 2.45) is 5.92 Å². The molecule has 0 radical (unpaired) electrons. The Bertz CT molecular complexity index is 870. The van der Waals surface area contributed by atoms with Crippen LogP contribution in [0.2, 0.25) is 5.02 Å². The number of hydrogen-bond acceptors (Lipinski definition) is 2. The highest BCUT2D eigenvalue weighted by atomic mass is 35.5. The van der Waals surface area contributed by atoms with Crippen LogP contribution in [0.15, 0.2) is 48.5 Å². The number of amides is 2. The molecular weight excluding hydrogens is 381 g/mol. The number of benzene rings is 2. The van der Waals surface area contributed by atoms with Gasteiger partial charge in [-0.15, -0.1) is 0 Å². The molecule has 1 atom stereocenters. The summed E-state index contributed by atoms with van der Waals surface area (Å²) >= 11 is 6.10. The van der Waals surface area contributed by atoms with Gasteiger partial charge in [0, 0.05) is 19.5 Å². The summed E-state index contributed by atoms with van der Waals surface area (Å²) in [5.74, 6) is -1.18. The lowest BCUT2D eigenvalue weighted by Gasteiger charge is -2.18. The van der Waals surface area contributed by atoms with E-state index in [0.29, 0.717) is 16.3 Å². The molecule has 1 fully saturated rings. The molecule has 2 aromatic rings. The standard InChI is InChI=1S/C19H16ClF3N2O2/c20-15-6-1-2-7-16(15)25-11-13(9-17(25)26)18(27)24-10-12-4-3-5-14(8-12)19(21,22)23/h1-8,13H,9-11H2,(H,24,27). The first kappa shape index (κ1) is 19.2. The number of para-hydroxylation sites is 1. The summed E-state index contributed by atoms with van der Waals surface area (Å²) in [6, 6.07) is 11.6. The Labute approximate surface area is 158 Å². The van der Waals surface area contributed by atoms with Gasteiger partial charge < -0.3 is 10.2 Å². The van der Waals surface area contributed by atoms with Gasteiger partial charge in [-0.05, 0) is 29.8 Å². The van der Waals surface area contributed by atoms with Gasteiger partial charge in [-0.3, -0.25) is 9.59 Å². The van der Waals surface area contributed by atoms with Crippen LogP contribution in [0.5, 0.6) is 0 Å². The molecule has 27 heavy (non-hydrogen) atoms. The van der Waals surface area contributed by atoms with E-state index < -0.39 is 17.7 Å². The van der Waals surface area contributed by atoms with Crippen molar-refractivity contribution >= 4 is 29.1 Å². The molecule has 0 saturated carbocycles. The highest BCUT2D eigenvalue weighted by Crippen LogP contribution is 2.31. The lowest BCUT2D eigenvalue weighted by atomic mass is 10.1. The zero-order valence-electron chi connectivity index (χ0n) is 14.1. The van der Waals surface area contributed by atoms with Crippen LogP contribution in [0.1, 0.15) is 17.5 Å². The van der Waals surface area contributed by atoms with Gasteiger partial charge in [0.15, 0.2) is 0 Å². The number of alkyl halides is 3. The number of rotatable bonds is 4. The van der Waals surface area contributed by atoms with Gasteiger partial charge in [0.2, 0.25) is 11.8 Å². The lowest BCUT2D eigenvalue weighted by Crippen LogP contribution is -2.32. The summed E-state index contributed by atoms with van der Waals surface area (Å²) in [6.07, 6.45) is -4.41. The van der Waals surface area contributed by atoms with Crippen molar-refractivity contribution in [2.45, 2.75) is 19.1 Å². The molecule has 0 aliphatic carbocycles. The fourth-order valence-electron chi connectivity index (χ4n) is 2.98. The van der Waals surface area contributed by atoms with Gasteiger partial charge in [0.25, 0.3) is 0 Å². The Morgan fingerprint density at radius 1 is 1.19 bits per heavy atom.